The summed E-state index contributed by atoms with van der Waals surface area (Å²) in [6.45, 7) is 0. The zero-order valence-electron chi connectivity index (χ0n) is 7.38. The Morgan fingerprint density at radius 3 is 2.38 bits per heavy atom. The lowest BCUT2D eigenvalue weighted by molar-refractivity contribution is -0.385. The molecular formula is C7H3BrClNO5S. The van der Waals surface area contributed by atoms with Gasteiger partial charge >= 0.3 is 0 Å². The van der Waals surface area contributed by atoms with Gasteiger partial charge in [0, 0.05) is 21.2 Å². The second-order valence-electron chi connectivity index (χ2n) is 2.65. The molecule has 1 aromatic rings. The van der Waals surface area contributed by atoms with Crippen molar-refractivity contribution in [2.75, 3.05) is 0 Å². The van der Waals surface area contributed by atoms with E-state index in [-0.39, 0.29) is 10.8 Å². The molecule has 86 valence electrons. The van der Waals surface area contributed by atoms with E-state index in [0.717, 1.165) is 12.1 Å². The summed E-state index contributed by atoms with van der Waals surface area (Å²) in [6.07, 6.45) is 0.0832. The first-order chi connectivity index (χ1) is 7.27. The van der Waals surface area contributed by atoms with Gasteiger partial charge in [0.05, 0.1) is 4.92 Å². The maximum absolute atomic E-state index is 11.1. The standard InChI is InChI=1S/C7H3BrClNO5S/c8-4-1-6(10(12)13)5(3-11)7(2-4)16(9,14)15/h1-3H. The molecule has 0 aliphatic carbocycles. The van der Waals surface area contributed by atoms with E-state index in [1.54, 1.807) is 0 Å². The van der Waals surface area contributed by atoms with Gasteiger partial charge in [-0.15, -0.1) is 0 Å². The van der Waals surface area contributed by atoms with Crippen LogP contribution in [0.5, 0.6) is 0 Å². The number of aldehydes is 1. The summed E-state index contributed by atoms with van der Waals surface area (Å²) < 4.78 is 22.3. The molecule has 0 heterocycles. The molecule has 0 aliphatic rings. The third-order valence-electron chi connectivity index (χ3n) is 1.66. The number of nitro benzene ring substituents is 1. The van der Waals surface area contributed by atoms with E-state index >= 15 is 0 Å². The van der Waals surface area contributed by atoms with Crippen LogP contribution in [0.15, 0.2) is 21.5 Å². The van der Waals surface area contributed by atoms with Crippen molar-refractivity contribution in [3.8, 4) is 0 Å². The first-order valence-electron chi connectivity index (χ1n) is 3.65. The summed E-state index contributed by atoms with van der Waals surface area (Å²) in [6, 6.07) is 2.05. The zero-order valence-corrected chi connectivity index (χ0v) is 10.5. The molecule has 16 heavy (non-hydrogen) atoms. The highest BCUT2D eigenvalue weighted by Gasteiger charge is 2.25. The van der Waals surface area contributed by atoms with Crippen LogP contribution in [0.3, 0.4) is 0 Å². The number of rotatable bonds is 3. The molecule has 0 aromatic heterocycles. The number of hydrogen-bond acceptors (Lipinski definition) is 5. The second-order valence-corrected chi connectivity index (χ2v) is 6.10. The third-order valence-corrected chi connectivity index (χ3v) is 3.48. The number of halogens is 2. The molecular weight excluding hydrogens is 326 g/mol. The smallest absolute Gasteiger partial charge is 0.282 e. The quantitative estimate of drug-likeness (QED) is 0.366. The van der Waals surface area contributed by atoms with Crippen molar-refractivity contribution in [2.24, 2.45) is 0 Å². The Hall–Kier alpha value is -0.990. The summed E-state index contributed by atoms with van der Waals surface area (Å²) >= 11 is 2.89. The highest BCUT2D eigenvalue weighted by molar-refractivity contribution is 9.10. The van der Waals surface area contributed by atoms with Crippen molar-refractivity contribution < 1.29 is 18.1 Å². The van der Waals surface area contributed by atoms with E-state index in [1.165, 1.54) is 0 Å². The maximum atomic E-state index is 11.1. The number of nitro groups is 1. The predicted octanol–water partition coefficient (Wildman–Crippen LogP) is 2.10. The predicted molar refractivity (Wildman–Crippen MR) is 59.2 cm³/mol. The molecule has 0 bridgehead atoms. The van der Waals surface area contributed by atoms with Gasteiger partial charge in [-0.1, -0.05) is 15.9 Å². The van der Waals surface area contributed by atoms with Crippen molar-refractivity contribution in [1.82, 2.24) is 0 Å². The number of hydrogen-bond donors (Lipinski definition) is 0. The average Bonchev–Trinajstić information content (AvgIpc) is 2.14. The van der Waals surface area contributed by atoms with Gasteiger partial charge in [-0.2, -0.15) is 0 Å². The van der Waals surface area contributed by atoms with E-state index < -0.39 is 30.1 Å². The number of carbonyl (C=O) groups excluding carboxylic acids is 1. The Morgan fingerprint density at radius 1 is 1.44 bits per heavy atom. The normalized spacial score (nSPS) is 11.1. The van der Waals surface area contributed by atoms with E-state index in [1.807, 2.05) is 0 Å². The van der Waals surface area contributed by atoms with Gasteiger partial charge < -0.3 is 0 Å². The fraction of sp³-hybridized carbons (Fsp3) is 0. The summed E-state index contributed by atoms with van der Waals surface area (Å²) in [5.74, 6) is 0. The summed E-state index contributed by atoms with van der Waals surface area (Å²) in [5.41, 5.74) is -1.19. The van der Waals surface area contributed by atoms with Gasteiger partial charge in [0.2, 0.25) is 0 Å². The topological polar surface area (TPSA) is 94.3 Å². The minimum atomic E-state index is -4.22. The number of carbonyl (C=O) groups is 1. The fourth-order valence-corrected chi connectivity index (χ4v) is 2.71. The molecule has 0 saturated heterocycles. The monoisotopic (exact) mass is 327 g/mol. The molecule has 0 atom stereocenters. The summed E-state index contributed by atoms with van der Waals surface area (Å²) in [5, 5.41) is 10.6. The molecule has 0 unspecified atom stereocenters. The minimum Gasteiger partial charge on any atom is -0.298 e. The van der Waals surface area contributed by atoms with Gasteiger partial charge in [-0.05, 0) is 6.07 Å². The fourth-order valence-electron chi connectivity index (χ4n) is 1.05. The Bertz CT molecular complexity index is 570. The van der Waals surface area contributed by atoms with Crippen LogP contribution in [-0.2, 0) is 9.05 Å². The average molecular weight is 329 g/mol. The van der Waals surface area contributed by atoms with Crippen LogP contribution in [0.2, 0.25) is 0 Å². The highest BCUT2D eigenvalue weighted by atomic mass is 79.9. The third kappa shape index (κ3) is 2.57. The van der Waals surface area contributed by atoms with Crippen LogP contribution in [0.25, 0.3) is 0 Å². The van der Waals surface area contributed by atoms with Crippen LogP contribution >= 0.6 is 26.6 Å². The van der Waals surface area contributed by atoms with E-state index in [9.17, 15) is 23.3 Å². The van der Waals surface area contributed by atoms with Crippen molar-refractivity contribution in [2.45, 2.75) is 4.90 Å². The lowest BCUT2D eigenvalue weighted by Crippen LogP contribution is -2.02. The molecule has 0 spiro atoms. The summed E-state index contributed by atoms with van der Waals surface area (Å²) in [4.78, 5) is 19.8. The van der Waals surface area contributed by atoms with E-state index in [4.69, 9.17) is 10.7 Å². The molecule has 0 aliphatic heterocycles. The molecule has 1 rings (SSSR count). The van der Waals surface area contributed by atoms with Gasteiger partial charge in [0.1, 0.15) is 10.5 Å². The molecule has 0 saturated carbocycles. The molecule has 0 N–H and O–H groups in total. The van der Waals surface area contributed by atoms with Gasteiger partial charge in [0.15, 0.2) is 6.29 Å². The molecule has 0 amide bonds. The van der Waals surface area contributed by atoms with Gasteiger partial charge in [-0.3, -0.25) is 14.9 Å². The number of nitrogens with zero attached hydrogens (tertiary/aromatic N) is 1. The molecule has 1 aromatic carbocycles. The van der Waals surface area contributed by atoms with Crippen LogP contribution in [0.4, 0.5) is 5.69 Å². The Kier molecular flexibility index (Phi) is 3.66. The van der Waals surface area contributed by atoms with E-state index in [0.29, 0.717) is 0 Å². The first kappa shape index (κ1) is 13.1. The Labute approximate surface area is 103 Å². The Morgan fingerprint density at radius 2 is 2.00 bits per heavy atom. The van der Waals surface area contributed by atoms with Crippen molar-refractivity contribution >= 4 is 47.6 Å². The molecule has 0 fully saturated rings. The van der Waals surface area contributed by atoms with Crippen molar-refractivity contribution in [3.63, 3.8) is 0 Å². The minimum absolute atomic E-state index is 0.0832. The molecule has 0 radical (unpaired) electrons. The van der Waals surface area contributed by atoms with Crippen molar-refractivity contribution in [3.05, 3.63) is 32.3 Å². The molecule has 9 heteroatoms. The SMILES string of the molecule is O=Cc1c([N+](=O)[O-])cc(Br)cc1S(=O)(=O)Cl. The largest absolute Gasteiger partial charge is 0.298 e. The maximum Gasteiger partial charge on any atom is 0.282 e. The van der Waals surface area contributed by atoms with Crippen LogP contribution in [-0.4, -0.2) is 19.6 Å². The lowest BCUT2D eigenvalue weighted by Gasteiger charge is -2.02. The van der Waals surface area contributed by atoms with Crippen LogP contribution < -0.4 is 0 Å². The van der Waals surface area contributed by atoms with Crippen LogP contribution in [0.1, 0.15) is 10.4 Å². The highest BCUT2D eigenvalue weighted by Crippen LogP contribution is 2.30. The van der Waals surface area contributed by atoms with E-state index in [2.05, 4.69) is 15.9 Å². The van der Waals surface area contributed by atoms with Crippen molar-refractivity contribution in [1.29, 1.82) is 0 Å². The Balaban J connectivity index is 3.75. The lowest BCUT2D eigenvalue weighted by atomic mass is 10.2. The number of benzene rings is 1. The van der Waals surface area contributed by atoms with Crippen LogP contribution in [0, 0.1) is 10.1 Å². The first-order valence-corrected chi connectivity index (χ1v) is 6.75. The second kappa shape index (κ2) is 4.48. The molecule has 6 nitrogen and oxygen atoms in total. The van der Waals surface area contributed by atoms with Gasteiger partial charge in [-0.25, -0.2) is 8.42 Å². The summed E-state index contributed by atoms with van der Waals surface area (Å²) in [7, 11) is 0.843. The van der Waals surface area contributed by atoms with Gasteiger partial charge in [0.25, 0.3) is 14.7 Å². The zero-order chi connectivity index (χ0) is 12.5.